The largest absolute Gasteiger partial charge is 0.508 e. The van der Waals surface area contributed by atoms with Crippen LogP contribution < -0.4 is 76.1 Å². The van der Waals surface area contributed by atoms with E-state index in [9.17, 15) is 48.6 Å². The van der Waals surface area contributed by atoms with Crippen LogP contribution in [0.15, 0.2) is 96.9 Å². The van der Waals surface area contributed by atoms with Gasteiger partial charge in [0.05, 0.1) is 37.7 Å². The molecule has 42 nitrogen and oxygen atoms in total. The fourth-order valence-electron chi connectivity index (χ4n) is 17.0. The zero-order chi connectivity index (χ0) is 99.3. The van der Waals surface area contributed by atoms with E-state index < -0.39 is 234 Å². The molecule has 0 spiro atoms. The second-order valence-electron chi connectivity index (χ2n) is 35.3. The Morgan fingerprint density at radius 3 is 1.88 bits per heavy atom. The molecule has 3 fully saturated rings. The number of likely N-dealkylation sites (N-methyl/N-ethyl adjacent to an activating group) is 3. The first-order valence-corrected chi connectivity index (χ1v) is 47.8. The summed E-state index contributed by atoms with van der Waals surface area (Å²) < 4.78 is 0.829. The van der Waals surface area contributed by atoms with Gasteiger partial charge >= 0.3 is 0 Å². The van der Waals surface area contributed by atoms with Crippen LogP contribution in [0.3, 0.4) is 0 Å². The predicted molar refractivity (Wildman–Crippen MR) is 513 cm³/mol. The molecule has 137 heavy (non-hydrogen) atoms. The number of benzene rings is 3. The average Bonchev–Trinajstić information content (AvgIpc) is 1.79. The van der Waals surface area contributed by atoms with Crippen LogP contribution in [0.2, 0.25) is 0 Å². The molecule has 0 radical (unpaired) electrons. The first-order valence-electron chi connectivity index (χ1n) is 45.8. The molecule has 3 aliphatic rings. The maximum atomic E-state index is 15.8. The number of aliphatic hydroxyl groups is 1. The summed E-state index contributed by atoms with van der Waals surface area (Å²) in [4.78, 5) is 267. The van der Waals surface area contributed by atoms with Gasteiger partial charge in [0.1, 0.15) is 78.3 Å². The van der Waals surface area contributed by atoms with Crippen molar-refractivity contribution >= 4 is 150 Å². The molecule has 2 unspecified atom stereocenters. The number of guanidine groups is 1. The number of H-pyrrole nitrogens is 2. The molecular weight excluding hydrogens is 1810 g/mol. The number of thiophene rings is 1. The van der Waals surface area contributed by atoms with Gasteiger partial charge in [0, 0.05) is 118 Å². The highest BCUT2D eigenvalue weighted by molar-refractivity contribution is 8.00. The number of phenolic OH excluding ortho intramolecular Hbond substituents is 1. The van der Waals surface area contributed by atoms with Crippen molar-refractivity contribution in [3.8, 4) is 5.75 Å². The molecule has 9 rings (SSSR count). The number of aromatic amines is 2. The second-order valence-corrected chi connectivity index (χ2v) is 37.2. The van der Waals surface area contributed by atoms with Crippen molar-refractivity contribution in [3.05, 3.63) is 119 Å². The van der Waals surface area contributed by atoms with E-state index in [0.29, 0.717) is 65.4 Å². The standard InChI is InChI=1S/C92H129N23O19S2.CH4/c1-9-11-23-71-85(128)104-62(22-17-31-99-92(96)97)82(125)110-69(81(124)101-43-77(95)120)47-135-48-78(121)103-65(34-52-27-29-58(117)30-28-52)87(130)111(6)51(5)79(122)106-67(40-76(94)119)90(133)115-44-56(93)38-73(115)86(129)105-63(39-57-42-98-49-102-57)83(126)107-64(33-50(3)4)89(132)114-32-18-25-70(114)74(118)37-53(35-54-41-100-61-21-15-13-19-59(54)61)80(123)109-68(45-116)84(127)108-66(36-55-46-136-75-26-16-14-20-60(55)75)88(131)113(8)72(24-12-10-2)91(134)112(71)7;/h13-16,19-21,26-30,41-42,46,49-51,53,56,62-73,100,116-117H,9-12,17-18,22-25,31-40,43-45,47-48,93H2,1-8H3,(H2,94,119)(H2,95,120)(H,98,102)(H,101,124)(H,103,121)(H,104,128)(H,105,129)(H,106,122)(H,107,126)(H,108,127)(H,109,123)(H,110,125)(H4,96,97,99);1H4/t51-,53+,56-,62-,63-,64-,65-,66-,67-,68-,69-,70-,71-,72?,73?;/m0./s1. The minimum Gasteiger partial charge on any atom is -0.508 e. The van der Waals surface area contributed by atoms with Gasteiger partial charge in [-0.05, 0) is 122 Å². The van der Waals surface area contributed by atoms with Gasteiger partial charge in [-0.1, -0.05) is 109 Å². The summed E-state index contributed by atoms with van der Waals surface area (Å²) in [5.41, 5.74) is 25.9. The third-order valence-electron chi connectivity index (χ3n) is 24.6. The number of amides is 16. The molecule has 23 N–H and O–H groups in total. The number of hydrogen-bond donors (Lipinski definition) is 19. The number of primary amides is 2. The van der Waals surface area contributed by atoms with Gasteiger partial charge in [0.25, 0.3) is 0 Å². The van der Waals surface area contributed by atoms with Crippen molar-refractivity contribution in [2.75, 3.05) is 65.4 Å². The van der Waals surface area contributed by atoms with Gasteiger partial charge in [0.2, 0.25) is 94.5 Å². The zero-order valence-electron chi connectivity index (χ0n) is 77.8. The van der Waals surface area contributed by atoms with Crippen molar-refractivity contribution in [1.82, 2.24) is 92.6 Å². The number of aliphatic hydroxyl groups excluding tert-OH is 1. The molecule has 3 aliphatic heterocycles. The molecular formula is C93H133N23O19S2. The van der Waals surface area contributed by atoms with E-state index in [1.807, 2.05) is 49.6 Å². The number of Topliss-reactive ketones (excluding diaryl/α,β-unsaturated/α-hetero) is 1. The minimum absolute atomic E-state index is 0. The van der Waals surface area contributed by atoms with E-state index in [2.05, 4.69) is 68.1 Å². The number of nitrogens with two attached hydrogens (primary N) is 4. The number of thioether (sulfide) groups is 1. The lowest BCUT2D eigenvalue weighted by Gasteiger charge is -2.36. The Hall–Kier alpha value is -13.1. The molecule has 44 heteroatoms. The van der Waals surface area contributed by atoms with Gasteiger partial charge in [-0.15, -0.1) is 23.1 Å². The number of rotatable bonds is 26. The molecule has 0 saturated carbocycles. The fraction of sp³-hybridized carbons (Fsp3) is 0.538. The van der Waals surface area contributed by atoms with Crippen LogP contribution in [-0.2, 0) is 107 Å². The summed E-state index contributed by atoms with van der Waals surface area (Å²) in [6.45, 7) is 6.48. The number of phenols is 1. The second kappa shape index (κ2) is 52.3. The van der Waals surface area contributed by atoms with Gasteiger partial charge in [-0.3, -0.25) is 86.9 Å². The topological polar surface area (TPSA) is 640 Å². The summed E-state index contributed by atoms with van der Waals surface area (Å²) in [6.07, 6.45) is 3.82. The first kappa shape index (κ1) is 109. The number of unbranched alkanes of at least 4 members (excludes halogenated alkanes) is 2. The molecule has 0 aliphatic carbocycles. The lowest BCUT2D eigenvalue weighted by atomic mass is 9.90. The molecule has 16 amide bonds. The van der Waals surface area contributed by atoms with E-state index in [1.165, 1.54) is 90.9 Å². The van der Waals surface area contributed by atoms with Crippen LogP contribution in [0.4, 0.5) is 0 Å². The molecule has 3 saturated heterocycles. The number of nitrogens with one attached hydrogen (secondary N) is 13. The highest BCUT2D eigenvalue weighted by atomic mass is 32.2. The third-order valence-corrected chi connectivity index (χ3v) is 26.6. The van der Waals surface area contributed by atoms with Crippen LogP contribution in [0.25, 0.3) is 21.0 Å². The summed E-state index contributed by atoms with van der Waals surface area (Å²) in [5, 5.41) is 59.2. The van der Waals surface area contributed by atoms with Gasteiger partial charge in [-0.2, -0.15) is 0 Å². The van der Waals surface area contributed by atoms with Crippen LogP contribution in [0, 0.1) is 17.2 Å². The maximum absolute atomic E-state index is 15.8. The van der Waals surface area contributed by atoms with E-state index in [0.717, 1.165) is 31.6 Å². The number of carbonyl (C=O) groups is 17. The molecule has 746 valence electrons. The Morgan fingerprint density at radius 1 is 0.599 bits per heavy atom. The van der Waals surface area contributed by atoms with Gasteiger partial charge in [0.15, 0.2) is 11.7 Å². The number of ketones is 1. The third kappa shape index (κ3) is 30.7. The number of nitrogens with zero attached hydrogens (tertiary/aromatic N) is 6. The van der Waals surface area contributed by atoms with Crippen molar-refractivity contribution in [3.63, 3.8) is 0 Å². The molecule has 6 aromatic rings. The molecule has 15 atom stereocenters. The van der Waals surface area contributed by atoms with Crippen LogP contribution in [-0.4, -0.2) is 306 Å². The molecule has 6 heterocycles. The van der Waals surface area contributed by atoms with E-state index in [1.54, 1.807) is 38.2 Å². The highest BCUT2D eigenvalue weighted by Crippen LogP contribution is 2.31. The van der Waals surface area contributed by atoms with E-state index in [4.69, 9.17) is 28.3 Å². The maximum Gasteiger partial charge on any atom is 0.246 e. The summed E-state index contributed by atoms with van der Waals surface area (Å²) in [5.74, 6) is -18.5. The predicted octanol–water partition coefficient (Wildman–Crippen LogP) is -0.502. The fourth-order valence-corrected chi connectivity index (χ4v) is 18.9. The Bertz CT molecular complexity index is 5250. The van der Waals surface area contributed by atoms with Crippen molar-refractivity contribution in [2.24, 2.45) is 34.8 Å². The number of imidazole rings is 1. The Balaban J connectivity index is 0.0000230. The number of carbonyl (C=O) groups excluding carboxylic acids is 17. The van der Waals surface area contributed by atoms with Gasteiger partial charge < -0.3 is 121 Å². The van der Waals surface area contributed by atoms with Crippen molar-refractivity contribution in [1.29, 1.82) is 5.41 Å². The quantitative estimate of drug-likeness (QED) is 0.0185. The summed E-state index contributed by atoms with van der Waals surface area (Å²) >= 11 is 2.13. The summed E-state index contributed by atoms with van der Waals surface area (Å²) in [6, 6.07) is -0.535. The van der Waals surface area contributed by atoms with Crippen LogP contribution in [0.1, 0.15) is 154 Å². The lowest BCUT2D eigenvalue weighted by Crippen LogP contribution is -2.61. The van der Waals surface area contributed by atoms with Crippen LogP contribution in [0.5, 0.6) is 5.75 Å². The highest BCUT2D eigenvalue weighted by Gasteiger charge is 2.47. The monoisotopic (exact) mass is 1940 g/mol. The molecule has 3 aromatic carbocycles. The Morgan fingerprint density at radius 2 is 1.21 bits per heavy atom. The lowest BCUT2D eigenvalue weighted by molar-refractivity contribution is -0.149. The number of aromatic nitrogens is 3. The molecule has 3 aromatic heterocycles. The minimum atomic E-state index is -1.83. The van der Waals surface area contributed by atoms with Crippen molar-refractivity contribution in [2.45, 2.75) is 242 Å². The number of fused-ring (bicyclic) bond motifs is 4. The number of aromatic hydroxyl groups is 1. The SMILES string of the molecule is C.CCCCC1C(=O)N(C)[C@@H](CCCC)C(=O)N[C@@H](CCCNC(=N)N)C(=O)N[C@H](C(=O)NCC(N)=O)CSCC(=O)N[C@@H](Cc2ccc(O)cc2)C(=O)N(C)[C@@H](C)C(=O)N[C@@H](CC(N)=O)C(=O)N2C[C@@H](N)CC2C(=O)N[C@@H](Cc2cnc[nH]2)C(=O)N[C@@H](CC(C)C)C(=O)N2CCC[C@H]2C(=O)C[C@@H](Cc2c[nH]c3ccccc23)C(=O)N[C@@H](CO)C(=O)N[C@@H](Cc2csc3ccccc23)C(=O)N1C. The van der Waals surface area contributed by atoms with E-state index in [-0.39, 0.29) is 109 Å². The van der Waals surface area contributed by atoms with Crippen molar-refractivity contribution < 1.29 is 91.7 Å². The molecule has 0 bridgehead atoms. The first-order chi connectivity index (χ1) is 64.8. The Labute approximate surface area is 803 Å². The number of para-hydroxylation sites is 1. The van der Waals surface area contributed by atoms with Crippen LogP contribution >= 0.6 is 23.1 Å². The average molecular weight is 1940 g/mol. The summed E-state index contributed by atoms with van der Waals surface area (Å²) in [7, 11) is 3.95. The zero-order valence-corrected chi connectivity index (χ0v) is 79.4. The number of hydrogen-bond acceptors (Lipinski definition) is 24. The normalized spacial score (nSPS) is 24.5. The van der Waals surface area contributed by atoms with E-state index >= 15 is 43.2 Å². The smallest absolute Gasteiger partial charge is 0.246 e. The van der Waals surface area contributed by atoms with Gasteiger partial charge in [-0.25, -0.2) is 4.98 Å². The Kier molecular flexibility index (Phi) is 41.7.